The fourth-order valence-corrected chi connectivity index (χ4v) is 2.40. The Morgan fingerprint density at radius 2 is 1.84 bits per heavy atom. The Balaban J connectivity index is 1.65. The van der Waals surface area contributed by atoms with Crippen LogP contribution in [-0.4, -0.2) is 25.2 Å². The normalized spacial score (nSPS) is 10.6. The van der Waals surface area contributed by atoms with Crippen LogP contribution in [0.5, 0.6) is 11.5 Å². The van der Waals surface area contributed by atoms with Crippen LogP contribution >= 0.6 is 0 Å². The van der Waals surface area contributed by atoms with E-state index in [9.17, 15) is 4.79 Å². The summed E-state index contributed by atoms with van der Waals surface area (Å²) in [6, 6.07) is 15.8. The minimum Gasteiger partial charge on any atom is -0.491 e. The van der Waals surface area contributed by atoms with Crippen molar-refractivity contribution >= 4 is 5.91 Å². The van der Waals surface area contributed by atoms with Crippen LogP contribution in [0.15, 0.2) is 48.5 Å². The van der Waals surface area contributed by atoms with Gasteiger partial charge in [-0.05, 0) is 63.4 Å². The second-order valence-corrected chi connectivity index (χ2v) is 6.37. The van der Waals surface area contributed by atoms with Crippen LogP contribution < -0.4 is 14.8 Å². The maximum absolute atomic E-state index is 11.8. The second kappa shape index (κ2) is 9.72. The number of carbonyl (C=O) groups is 1. The third-order valence-corrected chi connectivity index (χ3v) is 3.63. The Kier molecular flexibility index (Phi) is 7.33. The summed E-state index contributed by atoms with van der Waals surface area (Å²) in [6.07, 6.45) is 1.94. The van der Waals surface area contributed by atoms with Crippen LogP contribution in [0.4, 0.5) is 0 Å². The van der Waals surface area contributed by atoms with E-state index in [2.05, 4.69) is 17.4 Å². The molecule has 2 aromatic carbocycles. The van der Waals surface area contributed by atoms with Gasteiger partial charge in [-0.15, -0.1) is 0 Å². The first-order valence-corrected chi connectivity index (χ1v) is 8.74. The average Bonchev–Trinajstić information content (AvgIpc) is 2.58. The summed E-state index contributed by atoms with van der Waals surface area (Å²) in [5.74, 6) is 1.50. The van der Waals surface area contributed by atoms with Crippen molar-refractivity contribution in [2.45, 2.75) is 39.7 Å². The minimum absolute atomic E-state index is 0.0424. The number of rotatable bonds is 9. The van der Waals surface area contributed by atoms with Crippen LogP contribution in [0.3, 0.4) is 0 Å². The SMILES string of the molecule is Cc1ccc(OCC(=O)NCCCc2cccc(OC(C)C)c2)cc1. The Labute approximate surface area is 150 Å². The number of carbonyl (C=O) groups excluding carboxylic acids is 1. The number of ether oxygens (including phenoxy) is 2. The van der Waals surface area contributed by atoms with E-state index in [1.165, 1.54) is 11.1 Å². The summed E-state index contributed by atoms with van der Waals surface area (Å²) in [5.41, 5.74) is 2.38. The van der Waals surface area contributed by atoms with Gasteiger partial charge in [0.1, 0.15) is 11.5 Å². The summed E-state index contributed by atoms with van der Waals surface area (Å²) >= 11 is 0. The van der Waals surface area contributed by atoms with Crippen molar-refractivity contribution < 1.29 is 14.3 Å². The Bertz CT molecular complexity index is 665. The van der Waals surface area contributed by atoms with E-state index in [0.717, 1.165) is 18.6 Å². The highest BCUT2D eigenvalue weighted by molar-refractivity contribution is 5.77. The van der Waals surface area contributed by atoms with Gasteiger partial charge in [0.25, 0.3) is 5.91 Å². The minimum atomic E-state index is -0.0996. The average molecular weight is 341 g/mol. The lowest BCUT2D eigenvalue weighted by molar-refractivity contribution is -0.123. The van der Waals surface area contributed by atoms with Gasteiger partial charge in [0.05, 0.1) is 6.10 Å². The molecule has 2 rings (SSSR count). The van der Waals surface area contributed by atoms with Gasteiger partial charge in [-0.1, -0.05) is 29.8 Å². The lowest BCUT2D eigenvalue weighted by Crippen LogP contribution is -2.29. The van der Waals surface area contributed by atoms with Crippen LogP contribution in [0.25, 0.3) is 0 Å². The maximum Gasteiger partial charge on any atom is 0.257 e. The first-order valence-electron chi connectivity index (χ1n) is 8.74. The lowest BCUT2D eigenvalue weighted by Gasteiger charge is -2.11. The molecule has 0 saturated carbocycles. The van der Waals surface area contributed by atoms with Gasteiger partial charge in [0.15, 0.2) is 6.61 Å². The first kappa shape index (κ1) is 18.8. The second-order valence-electron chi connectivity index (χ2n) is 6.37. The zero-order valence-electron chi connectivity index (χ0n) is 15.2. The third-order valence-electron chi connectivity index (χ3n) is 3.63. The van der Waals surface area contributed by atoms with E-state index in [1.807, 2.05) is 57.2 Å². The fourth-order valence-electron chi connectivity index (χ4n) is 2.40. The van der Waals surface area contributed by atoms with Crippen molar-refractivity contribution in [1.29, 1.82) is 0 Å². The molecule has 0 aliphatic rings. The van der Waals surface area contributed by atoms with Crippen molar-refractivity contribution in [3.05, 3.63) is 59.7 Å². The molecule has 0 spiro atoms. The Morgan fingerprint density at radius 3 is 2.56 bits per heavy atom. The van der Waals surface area contributed by atoms with Gasteiger partial charge in [0, 0.05) is 6.54 Å². The molecular formula is C21H27NO3. The molecule has 0 fully saturated rings. The van der Waals surface area contributed by atoms with E-state index in [-0.39, 0.29) is 18.6 Å². The molecule has 4 heteroatoms. The first-order chi connectivity index (χ1) is 12.0. The molecular weight excluding hydrogens is 314 g/mol. The van der Waals surface area contributed by atoms with Crippen LogP contribution in [0.1, 0.15) is 31.4 Å². The van der Waals surface area contributed by atoms with Crippen molar-refractivity contribution in [3.63, 3.8) is 0 Å². The molecule has 0 unspecified atom stereocenters. The van der Waals surface area contributed by atoms with E-state index < -0.39 is 0 Å². The predicted molar refractivity (Wildman–Crippen MR) is 100 cm³/mol. The molecule has 2 aromatic rings. The Morgan fingerprint density at radius 1 is 1.08 bits per heavy atom. The topological polar surface area (TPSA) is 47.6 Å². The summed E-state index contributed by atoms with van der Waals surface area (Å²) in [4.78, 5) is 11.8. The molecule has 4 nitrogen and oxygen atoms in total. The quantitative estimate of drug-likeness (QED) is 0.704. The molecule has 0 radical (unpaired) electrons. The summed E-state index contributed by atoms with van der Waals surface area (Å²) < 4.78 is 11.2. The lowest BCUT2D eigenvalue weighted by atomic mass is 10.1. The van der Waals surface area contributed by atoms with Crippen LogP contribution in [0.2, 0.25) is 0 Å². The molecule has 0 aliphatic carbocycles. The molecule has 0 heterocycles. The number of benzene rings is 2. The van der Waals surface area contributed by atoms with E-state index >= 15 is 0 Å². The predicted octanol–water partition coefficient (Wildman–Crippen LogP) is 3.91. The van der Waals surface area contributed by atoms with Gasteiger partial charge in [0.2, 0.25) is 0 Å². The van der Waals surface area contributed by atoms with Crippen LogP contribution in [-0.2, 0) is 11.2 Å². The van der Waals surface area contributed by atoms with Crippen molar-refractivity contribution in [2.75, 3.05) is 13.2 Å². The number of amides is 1. The van der Waals surface area contributed by atoms with E-state index in [4.69, 9.17) is 9.47 Å². The van der Waals surface area contributed by atoms with Gasteiger partial charge >= 0.3 is 0 Å². The number of aryl methyl sites for hydroxylation is 2. The highest BCUT2D eigenvalue weighted by Crippen LogP contribution is 2.16. The van der Waals surface area contributed by atoms with Gasteiger partial charge in [-0.3, -0.25) is 4.79 Å². The molecule has 0 aliphatic heterocycles. The smallest absolute Gasteiger partial charge is 0.257 e. The zero-order chi connectivity index (χ0) is 18.1. The van der Waals surface area contributed by atoms with E-state index in [0.29, 0.717) is 12.3 Å². The van der Waals surface area contributed by atoms with Crippen molar-refractivity contribution in [3.8, 4) is 11.5 Å². The summed E-state index contributed by atoms with van der Waals surface area (Å²) in [7, 11) is 0. The van der Waals surface area contributed by atoms with Crippen molar-refractivity contribution in [1.82, 2.24) is 5.32 Å². The van der Waals surface area contributed by atoms with Gasteiger partial charge < -0.3 is 14.8 Å². The highest BCUT2D eigenvalue weighted by atomic mass is 16.5. The molecule has 0 saturated heterocycles. The number of hydrogen-bond donors (Lipinski definition) is 1. The van der Waals surface area contributed by atoms with Crippen LogP contribution in [0, 0.1) is 6.92 Å². The fraction of sp³-hybridized carbons (Fsp3) is 0.381. The Hall–Kier alpha value is -2.49. The standard InChI is InChI=1S/C21H27NO3/c1-16(2)25-20-8-4-6-18(14-20)7-5-13-22-21(23)15-24-19-11-9-17(3)10-12-19/h4,6,8-12,14,16H,5,7,13,15H2,1-3H3,(H,22,23). The summed E-state index contributed by atoms with van der Waals surface area (Å²) in [6.45, 7) is 6.72. The van der Waals surface area contributed by atoms with E-state index in [1.54, 1.807) is 0 Å². The molecule has 1 amide bonds. The van der Waals surface area contributed by atoms with Crippen molar-refractivity contribution in [2.24, 2.45) is 0 Å². The monoisotopic (exact) mass is 341 g/mol. The zero-order valence-corrected chi connectivity index (χ0v) is 15.2. The molecule has 25 heavy (non-hydrogen) atoms. The molecule has 0 aromatic heterocycles. The number of hydrogen-bond acceptors (Lipinski definition) is 3. The molecule has 0 atom stereocenters. The highest BCUT2D eigenvalue weighted by Gasteiger charge is 2.03. The molecule has 1 N–H and O–H groups in total. The van der Waals surface area contributed by atoms with Gasteiger partial charge in [-0.2, -0.15) is 0 Å². The third kappa shape index (κ3) is 7.29. The van der Waals surface area contributed by atoms with Gasteiger partial charge in [-0.25, -0.2) is 0 Å². The molecule has 0 bridgehead atoms. The number of nitrogens with one attached hydrogen (secondary N) is 1. The maximum atomic E-state index is 11.8. The summed E-state index contributed by atoms with van der Waals surface area (Å²) in [5, 5.41) is 2.89. The largest absolute Gasteiger partial charge is 0.491 e. The molecule has 134 valence electrons.